The van der Waals surface area contributed by atoms with Crippen molar-refractivity contribution in [1.29, 1.82) is 0 Å². The van der Waals surface area contributed by atoms with E-state index < -0.39 is 0 Å². The van der Waals surface area contributed by atoms with Gasteiger partial charge in [-0.25, -0.2) is 0 Å². The van der Waals surface area contributed by atoms with Gasteiger partial charge in [0.25, 0.3) is 0 Å². The summed E-state index contributed by atoms with van der Waals surface area (Å²) in [5, 5.41) is 0. The highest BCUT2D eigenvalue weighted by molar-refractivity contribution is 5.04. The van der Waals surface area contributed by atoms with Gasteiger partial charge in [0.15, 0.2) is 0 Å². The minimum Gasteiger partial charge on any atom is -0.454 e. The van der Waals surface area contributed by atoms with Crippen molar-refractivity contribution in [3.63, 3.8) is 0 Å². The summed E-state index contributed by atoms with van der Waals surface area (Å²) in [6.07, 6.45) is 5.68. The lowest BCUT2D eigenvalue weighted by atomic mass is 9.68. The Labute approximate surface area is 50.7 Å². The minimum absolute atomic E-state index is 0.625. The van der Waals surface area contributed by atoms with Crippen LogP contribution in [0.3, 0.4) is 0 Å². The third-order valence-corrected chi connectivity index (χ3v) is 2.80. The second-order valence-corrected chi connectivity index (χ2v) is 3.09. The highest BCUT2D eigenvalue weighted by atomic mass is 15.2. The molecule has 0 aromatic rings. The van der Waals surface area contributed by atoms with Gasteiger partial charge in [0.2, 0.25) is 0 Å². The van der Waals surface area contributed by atoms with Crippen LogP contribution < -0.4 is 0 Å². The van der Waals surface area contributed by atoms with Crippen LogP contribution in [0, 0.1) is 7.05 Å². The van der Waals surface area contributed by atoms with E-state index in [2.05, 4.69) is 11.9 Å². The SMILES string of the molecule is [CH2-]N1CCC12CCC2. The number of rotatable bonds is 0. The minimum atomic E-state index is 0.625. The zero-order chi connectivity index (χ0) is 5.61. The molecule has 0 atom stereocenters. The predicted octanol–water partition coefficient (Wildman–Crippen LogP) is 1.41. The van der Waals surface area contributed by atoms with Crippen LogP contribution in [-0.4, -0.2) is 17.0 Å². The van der Waals surface area contributed by atoms with E-state index in [4.69, 9.17) is 0 Å². The van der Waals surface area contributed by atoms with Gasteiger partial charge in [-0.2, -0.15) is 0 Å². The first-order chi connectivity index (χ1) is 3.83. The summed E-state index contributed by atoms with van der Waals surface area (Å²) in [5.74, 6) is 0. The Morgan fingerprint density at radius 3 is 2.00 bits per heavy atom. The molecule has 0 aromatic carbocycles. The maximum Gasteiger partial charge on any atom is -0.00560 e. The van der Waals surface area contributed by atoms with Crippen LogP contribution in [0.5, 0.6) is 0 Å². The van der Waals surface area contributed by atoms with Crippen LogP contribution in [0.1, 0.15) is 25.7 Å². The van der Waals surface area contributed by atoms with E-state index in [1.54, 1.807) is 0 Å². The first-order valence-electron chi connectivity index (χ1n) is 3.42. The van der Waals surface area contributed by atoms with Gasteiger partial charge in [0.1, 0.15) is 0 Å². The fraction of sp³-hybridized carbons (Fsp3) is 0.857. The zero-order valence-electron chi connectivity index (χ0n) is 5.19. The van der Waals surface area contributed by atoms with E-state index in [0.29, 0.717) is 5.54 Å². The number of hydrogen-bond donors (Lipinski definition) is 0. The largest absolute Gasteiger partial charge is 0.454 e. The molecule has 0 bridgehead atoms. The molecule has 1 nitrogen and oxygen atoms in total. The monoisotopic (exact) mass is 110 g/mol. The molecule has 2 aliphatic rings. The molecule has 8 heavy (non-hydrogen) atoms. The van der Waals surface area contributed by atoms with E-state index >= 15 is 0 Å². The summed E-state index contributed by atoms with van der Waals surface area (Å²) in [6, 6.07) is 0. The first kappa shape index (κ1) is 4.80. The summed E-state index contributed by atoms with van der Waals surface area (Å²) in [6.45, 7) is 1.24. The van der Waals surface area contributed by atoms with Crippen molar-refractivity contribution in [1.82, 2.24) is 4.90 Å². The zero-order valence-corrected chi connectivity index (χ0v) is 5.19. The van der Waals surface area contributed by atoms with Gasteiger partial charge in [-0.15, -0.1) is 0 Å². The molecule has 2 fully saturated rings. The molecule has 0 unspecified atom stereocenters. The van der Waals surface area contributed by atoms with Crippen LogP contribution in [0.4, 0.5) is 0 Å². The first-order valence-corrected chi connectivity index (χ1v) is 3.42. The summed E-state index contributed by atoms with van der Waals surface area (Å²) in [4.78, 5) is 2.26. The second kappa shape index (κ2) is 1.27. The molecule has 0 N–H and O–H groups in total. The highest BCUT2D eigenvalue weighted by Crippen LogP contribution is 2.46. The summed E-state index contributed by atoms with van der Waals surface area (Å²) >= 11 is 0. The van der Waals surface area contributed by atoms with Crippen molar-refractivity contribution in [3.8, 4) is 0 Å². The summed E-state index contributed by atoms with van der Waals surface area (Å²) in [7, 11) is 3.95. The lowest BCUT2D eigenvalue weighted by molar-refractivity contribution is -0.0372. The molecule has 1 heteroatoms. The predicted molar refractivity (Wildman–Crippen MR) is 33.3 cm³/mol. The van der Waals surface area contributed by atoms with Crippen LogP contribution in [0.25, 0.3) is 0 Å². The molecule has 2 rings (SSSR count). The molecule has 0 radical (unpaired) electrons. The van der Waals surface area contributed by atoms with E-state index in [1.165, 1.54) is 32.2 Å². The molecule has 1 saturated heterocycles. The van der Waals surface area contributed by atoms with Crippen molar-refractivity contribution < 1.29 is 0 Å². The number of hydrogen-bond acceptors (Lipinski definition) is 1. The molecule has 0 amide bonds. The van der Waals surface area contributed by atoms with Gasteiger partial charge in [-0.05, 0) is 37.8 Å². The average Bonchev–Trinajstić information content (AvgIpc) is 1.58. The fourth-order valence-electron chi connectivity index (χ4n) is 1.74. The Morgan fingerprint density at radius 2 is 2.00 bits per heavy atom. The Kier molecular flexibility index (Phi) is 0.762. The molecular formula is C7H12N-. The molecule has 1 aliphatic heterocycles. The van der Waals surface area contributed by atoms with Gasteiger partial charge in [-0.3, -0.25) is 7.05 Å². The maximum atomic E-state index is 3.95. The van der Waals surface area contributed by atoms with Gasteiger partial charge < -0.3 is 4.90 Å². The lowest BCUT2D eigenvalue weighted by Gasteiger charge is -2.62. The molecule has 1 aliphatic carbocycles. The van der Waals surface area contributed by atoms with Crippen molar-refractivity contribution in [2.75, 3.05) is 6.54 Å². The van der Waals surface area contributed by atoms with Crippen LogP contribution in [0.2, 0.25) is 0 Å². The average molecular weight is 110 g/mol. The van der Waals surface area contributed by atoms with Crippen LogP contribution in [0.15, 0.2) is 0 Å². The third kappa shape index (κ3) is 0.368. The third-order valence-electron chi connectivity index (χ3n) is 2.80. The normalized spacial score (nSPS) is 34.1. The fourth-order valence-corrected chi connectivity index (χ4v) is 1.74. The van der Waals surface area contributed by atoms with Crippen molar-refractivity contribution >= 4 is 0 Å². The Bertz CT molecular complexity index is 99.4. The molecular weight excluding hydrogens is 98.1 g/mol. The van der Waals surface area contributed by atoms with E-state index in [0.717, 1.165) is 0 Å². The molecule has 0 aromatic heterocycles. The smallest absolute Gasteiger partial charge is 0.00560 e. The topological polar surface area (TPSA) is 3.24 Å². The molecule has 1 heterocycles. The lowest BCUT2D eigenvalue weighted by Crippen LogP contribution is -2.60. The van der Waals surface area contributed by atoms with Gasteiger partial charge in [-0.1, -0.05) is 0 Å². The number of likely N-dealkylation sites (tertiary alicyclic amines) is 1. The Balaban J connectivity index is 2.03. The van der Waals surface area contributed by atoms with Crippen molar-refractivity contribution in [2.24, 2.45) is 0 Å². The molecule has 46 valence electrons. The summed E-state index contributed by atoms with van der Waals surface area (Å²) in [5.41, 5.74) is 0.625. The van der Waals surface area contributed by atoms with Gasteiger partial charge in [0, 0.05) is 0 Å². The Hall–Kier alpha value is -0.0400. The summed E-state index contributed by atoms with van der Waals surface area (Å²) < 4.78 is 0. The van der Waals surface area contributed by atoms with Crippen LogP contribution in [-0.2, 0) is 0 Å². The van der Waals surface area contributed by atoms with Crippen molar-refractivity contribution in [2.45, 2.75) is 31.2 Å². The van der Waals surface area contributed by atoms with Crippen LogP contribution >= 0.6 is 0 Å². The highest BCUT2D eigenvalue weighted by Gasteiger charge is 2.42. The Morgan fingerprint density at radius 1 is 1.25 bits per heavy atom. The van der Waals surface area contributed by atoms with E-state index in [9.17, 15) is 0 Å². The van der Waals surface area contributed by atoms with Crippen molar-refractivity contribution in [3.05, 3.63) is 7.05 Å². The molecule has 1 saturated carbocycles. The second-order valence-electron chi connectivity index (χ2n) is 3.09. The molecule has 1 spiro atoms. The van der Waals surface area contributed by atoms with Gasteiger partial charge in [0.05, 0.1) is 0 Å². The number of nitrogens with zero attached hydrogens (tertiary/aromatic N) is 1. The van der Waals surface area contributed by atoms with E-state index in [-0.39, 0.29) is 0 Å². The standard InChI is InChI=1S/C7H12N/c1-8-6-5-7(8)3-2-4-7/h1-6H2/q-1. The maximum absolute atomic E-state index is 3.95. The quantitative estimate of drug-likeness (QED) is 0.426. The van der Waals surface area contributed by atoms with E-state index in [1.807, 2.05) is 0 Å². The van der Waals surface area contributed by atoms with Gasteiger partial charge >= 0.3 is 0 Å².